The molecule has 0 saturated heterocycles. The lowest BCUT2D eigenvalue weighted by atomic mass is 10.1. The van der Waals surface area contributed by atoms with Gasteiger partial charge in [-0.3, -0.25) is 0 Å². The van der Waals surface area contributed by atoms with Gasteiger partial charge in [-0.2, -0.15) is 0 Å². The van der Waals surface area contributed by atoms with Gasteiger partial charge in [0.05, 0.1) is 12.0 Å². The van der Waals surface area contributed by atoms with Crippen molar-refractivity contribution in [3.05, 3.63) is 72.3 Å². The number of ether oxygens (including phenoxy) is 2. The fraction of sp³-hybridized carbons (Fsp3) is 0.200. The van der Waals surface area contributed by atoms with Gasteiger partial charge in [-0.25, -0.2) is 9.78 Å². The van der Waals surface area contributed by atoms with Crippen LogP contribution in [0.5, 0.6) is 11.5 Å². The predicted octanol–water partition coefficient (Wildman–Crippen LogP) is 2.64. The summed E-state index contributed by atoms with van der Waals surface area (Å²) in [6, 6.07) is 13.3. The van der Waals surface area contributed by atoms with E-state index in [0.29, 0.717) is 26.3 Å². The molecule has 0 radical (unpaired) electrons. The van der Waals surface area contributed by atoms with E-state index in [9.17, 15) is 4.79 Å². The number of amides is 2. The van der Waals surface area contributed by atoms with Crippen molar-refractivity contribution < 1.29 is 14.3 Å². The highest BCUT2D eigenvalue weighted by Crippen LogP contribution is 2.30. The number of aromatic nitrogens is 2. The van der Waals surface area contributed by atoms with Gasteiger partial charge < -0.3 is 24.7 Å². The summed E-state index contributed by atoms with van der Waals surface area (Å²) < 4.78 is 13.0. The molecule has 0 saturated carbocycles. The normalized spacial score (nSPS) is 12.4. The van der Waals surface area contributed by atoms with Crippen LogP contribution in [-0.4, -0.2) is 28.8 Å². The summed E-state index contributed by atoms with van der Waals surface area (Å²) in [5.41, 5.74) is 2.94. The fourth-order valence-corrected chi connectivity index (χ4v) is 2.93. The third kappa shape index (κ3) is 4.03. The Morgan fingerprint density at radius 3 is 2.70 bits per heavy atom. The van der Waals surface area contributed by atoms with E-state index in [4.69, 9.17) is 9.47 Å². The van der Waals surface area contributed by atoms with Crippen molar-refractivity contribution in [2.75, 3.05) is 13.2 Å². The minimum Gasteiger partial charge on any atom is -0.486 e. The van der Waals surface area contributed by atoms with Gasteiger partial charge in [0.2, 0.25) is 0 Å². The summed E-state index contributed by atoms with van der Waals surface area (Å²) in [6.07, 6.45) is 5.34. The first-order chi connectivity index (χ1) is 13.3. The molecule has 2 N–H and O–H groups in total. The number of carbonyl (C=O) groups excluding carboxylic acids is 1. The molecule has 2 heterocycles. The van der Waals surface area contributed by atoms with Gasteiger partial charge in [0.1, 0.15) is 13.2 Å². The molecule has 0 aliphatic carbocycles. The number of rotatable bonds is 5. The van der Waals surface area contributed by atoms with Gasteiger partial charge >= 0.3 is 6.03 Å². The standard InChI is InChI=1S/C20H20N4O3/c25-20(22-12-15-5-6-18-19(11-15)27-10-9-26-18)23-13-16-3-1-2-4-17(16)24-8-7-21-14-24/h1-8,11,14H,9-10,12-13H2,(H2,22,23,25). The van der Waals surface area contributed by atoms with E-state index >= 15 is 0 Å². The van der Waals surface area contributed by atoms with E-state index < -0.39 is 0 Å². The van der Waals surface area contributed by atoms with Crippen LogP contribution < -0.4 is 20.1 Å². The van der Waals surface area contributed by atoms with Gasteiger partial charge in [-0.15, -0.1) is 0 Å². The molecule has 3 aromatic rings. The van der Waals surface area contributed by atoms with Gasteiger partial charge in [0.25, 0.3) is 0 Å². The van der Waals surface area contributed by atoms with Crippen LogP contribution in [0, 0.1) is 0 Å². The van der Waals surface area contributed by atoms with E-state index in [2.05, 4.69) is 15.6 Å². The summed E-state index contributed by atoms with van der Waals surface area (Å²) in [6.45, 7) is 1.93. The Labute approximate surface area is 156 Å². The minimum atomic E-state index is -0.231. The molecule has 0 spiro atoms. The molecule has 1 aliphatic rings. The van der Waals surface area contributed by atoms with Crippen LogP contribution in [0.15, 0.2) is 61.2 Å². The number of benzene rings is 2. The van der Waals surface area contributed by atoms with Crippen molar-refractivity contribution in [2.45, 2.75) is 13.1 Å². The van der Waals surface area contributed by atoms with E-state index in [1.807, 2.05) is 53.2 Å². The second-order valence-electron chi connectivity index (χ2n) is 6.11. The quantitative estimate of drug-likeness (QED) is 0.730. The van der Waals surface area contributed by atoms with Gasteiger partial charge in [-0.05, 0) is 29.3 Å². The average molecular weight is 364 g/mol. The fourth-order valence-electron chi connectivity index (χ4n) is 2.93. The molecule has 7 nitrogen and oxygen atoms in total. The number of para-hydroxylation sites is 1. The third-order valence-corrected chi connectivity index (χ3v) is 4.27. The molecule has 7 heteroatoms. The first-order valence-electron chi connectivity index (χ1n) is 8.76. The Hall–Kier alpha value is -3.48. The summed E-state index contributed by atoms with van der Waals surface area (Å²) in [4.78, 5) is 16.3. The smallest absolute Gasteiger partial charge is 0.315 e. The zero-order valence-electron chi connectivity index (χ0n) is 14.7. The van der Waals surface area contributed by atoms with Crippen molar-refractivity contribution in [3.63, 3.8) is 0 Å². The number of nitrogens with zero attached hydrogens (tertiary/aromatic N) is 2. The molecule has 2 aromatic carbocycles. The van der Waals surface area contributed by atoms with Crippen molar-refractivity contribution in [3.8, 4) is 17.2 Å². The Morgan fingerprint density at radius 1 is 1.04 bits per heavy atom. The second kappa shape index (κ2) is 7.82. The average Bonchev–Trinajstić information content (AvgIpc) is 3.25. The maximum absolute atomic E-state index is 12.2. The molecule has 1 aromatic heterocycles. The maximum Gasteiger partial charge on any atom is 0.315 e. The number of hydrogen-bond donors (Lipinski definition) is 2. The third-order valence-electron chi connectivity index (χ3n) is 4.27. The molecular weight excluding hydrogens is 344 g/mol. The highest BCUT2D eigenvalue weighted by Gasteiger charge is 2.12. The Bertz CT molecular complexity index is 925. The Morgan fingerprint density at radius 2 is 1.85 bits per heavy atom. The van der Waals surface area contributed by atoms with Gasteiger partial charge in [-0.1, -0.05) is 24.3 Å². The lowest BCUT2D eigenvalue weighted by Gasteiger charge is -2.19. The number of hydrogen-bond acceptors (Lipinski definition) is 4. The molecule has 4 rings (SSSR count). The predicted molar refractivity (Wildman–Crippen MR) is 100 cm³/mol. The molecule has 0 bridgehead atoms. The lowest BCUT2D eigenvalue weighted by Crippen LogP contribution is -2.34. The summed E-state index contributed by atoms with van der Waals surface area (Å²) in [7, 11) is 0. The largest absolute Gasteiger partial charge is 0.486 e. The monoisotopic (exact) mass is 364 g/mol. The van der Waals surface area contributed by atoms with Crippen LogP contribution in [0.2, 0.25) is 0 Å². The molecule has 0 unspecified atom stereocenters. The first kappa shape index (κ1) is 17.0. The lowest BCUT2D eigenvalue weighted by molar-refractivity contribution is 0.171. The minimum absolute atomic E-state index is 0.231. The first-order valence-corrected chi connectivity index (χ1v) is 8.76. The molecular formula is C20H20N4O3. The summed E-state index contributed by atoms with van der Waals surface area (Å²) >= 11 is 0. The van der Waals surface area contributed by atoms with Crippen LogP contribution in [-0.2, 0) is 13.1 Å². The van der Waals surface area contributed by atoms with E-state index in [1.165, 1.54) is 0 Å². The Balaban J connectivity index is 1.33. The van der Waals surface area contributed by atoms with E-state index in [-0.39, 0.29) is 6.03 Å². The molecule has 27 heavy (non-hydrogen) atoms. The summed E-state index contributed by atoms with van der Waals surface area (Å²) in [5.74, 6) is 1.46. The highest BCUT2D eigenvalue weighted by atomic mass is 16.6. The Kier molecular flexibility index (Phi) is 4.91. The highest BCUT2D eigenvalue weighted by molar-refractivity contribution is 5.74. The number of urea groups is 1. The molecule has 1 aliphatic heterocycles. The number of nitrogens with one attached hydrogen (secondary N) is 2. The van der Waals surface area contributed by atoms with Crippen LogP contribution in [0.3, 0.4) is 0 Å². The molecule has 2 amide bonds. The zero-order chi connectivity index (χ0) is 18.5. The van der Waals surface area contributed by atoms with E-state index in [0.717, 1.165) is 28.3 Å². The summed E-state index contributed by atoms with van der Waals surface area (Å²) in [5, 5.41) is 5.76. The number of imidazole rings is 1. The zero-order valence-corrected chi connectivity index (χ0v) is 14.7. The van der Waals surface area contributed by atoms with Crippen LogP contribution >= 0.6 is 0 Å². The van der Waals surface area contributed by atoms with Gasteiger partial charge in [0, 0.05) is 25.5 Å². The number of fused-ring (bicyclic) bond motifs is 1. The van der Waals surface area contributed by atoms with Gasteiger partial charge in [0.15, 0.2) is 11.5 Å². The topological polar surface area (TPSA) is 77.4 Å². The SMILES string of the molecule is O=C(NCc1ccc2c(c1)OCCO2)NCc1ccccc1-n1ccnc1. The van der Waals surface area contributed by atoms with Crippen LogP contribution in [0.25, 0.3) is 5.69 Å². The van der Waals surface area contributed by atoms with Crippen LogP contribution in [0.1, 0.15) is 11.1 Å². The van der Waals surface area contributed by atoms with Crippen molar-refractivity contribution >= 4 is 6.03 Å². The van der Waals surface area contributed by atoms with Crippen molar-refractivity contribution in [1.29, 1.82) is 0 Å². The van der Waals surface area contributed by atoms with Crippen molar-refractivity contribution in [1.82, 2.24) is 20.2 Å². The number of carbonyl (C=O) groups is 1. The second-order valence-corrected chi connectivity index (χ2v) is 6.11. The molecule has 138 valence electrons. The maximum atomic E-state index is 12.2. The van der Waals surface area contributed by atoms with E-state index in [1.54, 1.807) is 12.5 Å². The van der Waals surface area contributed by atoms with Crippen molar-refractivity contribution in [2.24, 2.45) is 0 Å². The molecule has 0 atom stereocenters. The van der Waals surface area contributed by atoms with Crippen LogP contribution in [0.4, 0.5) is 4.79 Å². The molecule has 0 fully saturated rings.